The fraction of sp³-hybridized carbons (Fsp3) is 0.588. The van der Waals surface area contributed by atoms with Crippen LogP contribution in [0.25, 0.3) is 0 Å². The Labute approximate surface area is 150 Å². The van der Waals surface area contributed by atoms with Crippen LogP contribution in [0.15, 0.2) is 29.3 Å². The Kier molecular flexibility index (Phi) is 8.71. The molecule has 0 saturated carbocycles. The van der Waals surface area contributed by atoms with E-state index in [4.69, 9.17) is 4.74 Å². The second kappa shape index (κ2) is 10.2. The topological polar surface area (TPSA) is 100 Å². The van der Waals surface area contributed by atoms with E-state index >= 15 is 0 Å². The number of hydrogen-bond donors (Lipinski definition) is 3. The van der Waals surface area contributed by atoms with Crippen LogP contribution < -0.4 is 15.4 Å². The molecule has 0 aromatic heterocycles. The molecular formula is C17H29N3O4S. The zero-order chi connectivity index (χ0) is 18.9. The maximum atomic E-state index is 11.2. The van der Waals surface area contributed by atoms with E-state index in [2.05, 4.69) is 15.6 Å². The zero-order valence-electron chi connectivity index (χ0n) is 15.3. The second-order valence-corrected chi connectivity index (χ2v) is 8.23. The van der Waals surface area contributed by atoms with Crippen LogP contribution >= 0.6 is 0 Å². The Bertz CT molecular complexity index is 644. The molecule has 0 fully saturated rings. The molecule has 0 spiro atoms. The third-order valence-corrected chi connectivity index (χ3v) is 4.55. The van der Waals surface area contributed by atoms with E-state index in [9.17, 15) is 13.5 Å². The molecule has 2 atom stereocenters. The van der Waals surface area contributed by atoms with Gasteiger partial charge >= 0.3 is 0 Å². The first-order chi connectivity index (χ1) is 11.7. The van der Waals surface area contributed by atoms with Gasteiger partial charge in [0.05, 0.1) is 25.5 Å². The van der Waals surface area contributed by atoms with Crippen molar-refractivity contribution in [3.05, 3.63) is 29.8 Å². The summed E-state index contributed by atoms with van der Waals surface area (Å²) in [7, 11) is -1.39. The largest absolute Gasteiger partial charge is 0.497 e. The van der Waals surface area contributed by atoms with E-state index < -0.39 is 15.9 Å². The van der Waals surface area contributed by atoms with E-state index in [0.29, 0.717) is 18.9 Å². The van der Waals surface area contributed by atoms with Crippen molar-refractivity contribution >= 4 is 15.8 Å². The number of guanidine groups is 1. The number of rotatable bonds is 9. The Morgan fingerprint density at radius 1 is 1.32 bits per heavy atom. The molecule has 7 nitrogen and oxygen atoms in total. The van der Waals surface area contributed by atoms with Gasteiger partial charge in [-0.2, -0.15) is 0 Å². The van der Waals surface area contributed by atoms with Gasteiger partial charge in [0.15, 0.2) is 5.96 Å². The SMILES string of the molecule is CCNC(=NCC(O)c1ccc(OC)cc1)NC(C)CCS(C)(=O)=O. The maximum absolute atomic E-state index is 11.2. The molecule has 1 rings (SSSR count). The molecular weight excluding hydrogens is 342 g/mol. The van der Waals surface area contributed by atoms with Gasteiger partial charge in [0.2, 0.25) is 0 Å². The average Bonchev–Trinajstić information content (AvgIpc) is 2.57. The molecule has 0 heterocycles. The first-order valence-electron chi connectivity index (χ1n) is 8.29. The fourth-order valence-electron chi connectivity index (χ4n) is 2.13. The summed E-state index contributed by atoms with van der Waals surface area (Å²) in [4.78, 5) is 4.38. The van der Waals surface area contributed by atoms with Crippen molar-refractivity contribution in [1.29, 1.82) is 0 Å². The molecule has 0 radical (unpaired) electrons. The van der Waals surface area contributed by atoms with Gasteiger partial charge in [-0.25, -0.2) is 8.42 Å². The highest BCUT2D eigenvalue weighted by Crippen LogP contribution is 2.17. The number of hydrogen-bond acceptors (Lipinski definition) is 5. The molecule has 0 amide bonds. The van der Waals surface area contributed by atoms with Crippen molar-refractivity contribution in [2.24, 2.45) is 4.99 Å². The highest BCUT2D eigenvalue weighted by atomic mass is 32.2. The lowest BCUT2D eigenvalue weighted by atomic mass is 10.1. The summed E-state index contributed by atoms with van der Waals surface area (Å²) in [6.45, 7) is 4.71. The van der Waals surface area contributed by atoms with Crippen molar-refractivity contribution in [1.82, 2.24) is 10.6 Å². The van der Waals surface area contributed by atoms with Crippen molar-refractivity contribution in [2.75, 3.05) is 32.2 Å². The van der Waals surface area contributed by atoms with Crippen molar-refractivity contribution in [3.8, 4) is 5.75 Å². The zero-order valence-corrected chi connectivity index (χ0v) is 16.1. The van der Waals surface area contributed by atoms with Gasteiger partial charge < -0.3 is 20.5 Å². The molecule has 0 aliphatic carbocycles. The number of aliphatic hydroxyl groups is 1. The summed E-state index contributed by atoms with van der Waals surface area (Å²) >= 11 is 0. The van der Waals surface area contributed by atoms with Crippen LogP contribution in [0.4, 0.5) is 0 Å². The van der Waals surface area contributed by atoms with Crippen LogP contribution in [0, 0.1) is 0 Å². The Balaban J connectivity index is 2.63. The van der Waals surface area contributed by atoms with Crippen LogP contribution in [0.5, 0.6) is 5.75 Å². The number of aliphatic imine (C=N–C) groups is 1. The molecule has 3 N–H and O–H groups in total. The molecule has 2 unspecified atom stereocenters. The molecule has 0 aliphatic heterocycles. The van der Waals surface area contributed by atoms with Crippen molar-refractivity contribution in [3.63, 3.8) is 0 Å². The number of ether oxygens (including phenoxy) is 1. The molecule has 0 bridgehead atoms. The molecule has 0 saturated heterocycles. The van der Waals surface area contributed by atoms with Crippen LogP contribution in [0.1, 0.15) is 31.9 Å². The van der Waals surface area contributed by atoms with Gasteiger partial charge in [0, 0.05) is 18.8 Å². The summed E-state index contributed by atoms with van der Waals surface area (Å²) < 4.78 is 27.6. The predicted molar refractivity (Wildman–Crippen MR) is 101 cm³/mol. The summed E-state index contributed by atoms with van der Waals surface area (Å²) in [6, 6.07) is 7.13. The highest BCUT2D eigenvalue weighted by molar-refractivity contribution is 7.90. The smallest absolute Gasteiger partial charge is 0.191 e. The van der Waals surface area contributed by atoms with Gasteiger partial charge in [-0.15, -0.1) is 0 Å². The van der Waals surface area contributed by atoms with Gasteiger partial charge in [-0.1, -0.05) is 12.1 Å². The lowest BCUT2D eigenvalue weighted by Crippen LogP contribution is -2.43. The molecule has 1 aromatic rings. The number of nitrogens with one attached hydrogen (secondary N) is 2. The van der Waals surface area contributed by atoms with Gasteiger partial charge in [0.1, 0.15) is 15.6 Å². The van der Waals surface area contributed by atoms with Crippen LogP contribution in [0.2, 0.25) is 0 Å². The number of nitrogens with zero attached hydrogens (tertiary/aromatic N) is 1. The van der Waals surface area contributed by atoms with Crippen LogP contribution in [0.3, 0.4) is 0 Å². The Morgan fingerprint density at radius 3 is 2.48 bits per heavy atom. The number of methoxy groups -OCH3 is 1. The summed E-state index contributed by atoms with van der Waals surface area (Å²) in [6.07, 6.45) is 0.988. The van der Waals surface area contributed by atoms with Crippen molar-refractivity contribution < 1.29 is 18.3 Å². The standard InChI is InChI=1S/C17H29N3O4S/c1-5-18-17(20-13(2)10-11-25(4,22)23)19-12-16(21)14-6-8-15(24-3)9-7-14/h6-9,13,16,21H,5,10-12H2,1-4H3,(H2,18,19,20). The number of aliphatic hydroxyl groups excluding tert-OH is 1. The van der Waals surface area contributed by atoms with E-state index in [1.807, 2.05) is 13.8 Å². The predicted octanol–water partition coefficient (Wildman–Crippen LogP) is 1.11. The van der Waals surface area contributed by atoms with Crippen molar-refractivity contribution in [2.45, 2.75) is 32.4 Å². The van der Waals surface area contributed by atoms with Crippen LogP contribution in [-0.4, -0.2) is 57.7 Å². The third kappa shape index (κ3) is 8.74. The number of sulfone groups is 1. The first kappa shape index (κ1) is 21.2. The Hall–Kier alpha value is -1.80. The minimum Gasteiger partial charge on any atom is -0.497 e. The summed E-state index contributed by atoms with van der Waals surface area (Å²) in [5.41, 5.74) is 0.755. The van der Waals surface area contributed by atoms with E-state index in [-0.39, 0.29) is 18.3 Å². The molecule has 25 heavy (non-hydrogen) atoms. The van der Waals surface area contributed by atoms with E-state index in [0.717, 1.165) is 11.3 Å². The molecule has 142 valence electrons. The monoisotopic (exact) mass is 371 g/mol. The quantitative estimate of drug-likeness (QED) is 0.444. The normalized spacial score (nSPS) is 14.7. The second-order valence-electron chi connectivity index (χ2n) is 5.97. The van der Waals surface area contributed by atoms with Gasteiger partial charge in [0.25, 0.3) is 0 Å². The molecule has 8 heteroatoms. The van der Waals surface area contributed by atoms with Crippen LogP contribution in [-0.2, 0) is 9.84 Å². The summed E-state index contributed by atoms with van der Waals surface area (Å²) in [5, 5.41) is 16.5. The van der Waals surface area contributed by atoms with E-state index in [1.165, 1.54) is 6.26 Å². The van der Waals surface area contributed by atoms with Gasteiger partial charge in [-0.05, 0) is 38.0 Å². The lowest BCUT2D eigenvalue weighted by molar-refractivity contribution is 0.187. The number of benzene rings is 1. The molecule has 0 aliphatic rings. The minimum atomic E-state index is -2.99. The average molecular weight is 372 g/mol. The lowest BCUT2D eigenvalue weighted by Gasteiger charge is -2.18. The minimum absolute atomic E-state index is 0.0503. The highest BCUT2D eigenvalue weighted by Gasteiger charge is 2.11. The van der Waals surface area contributed by atoms with E-state index in [1.54, 1.807) is 31.4 Å². The maximum Gasteiger partial charge on any atom is 0.191 e. The summed E-state index contributed by atoms with van der Waals surface area (Å²) in [5.74, 6) is 1.40. The first-order valence-corrected chi connectivity index (χ1v) is 10.4. The molecule has 1 aromatic carbocycles. The third-order valence-electron chi connectivity index (χ3n) is 3.57. The fourth-order valence-corrected chi connectivity index (χ4v) is 2.91. The Morgan fingerprint density at radius 2 is 1.96 bits per heavy atom. The van der Waals surface area contributed by atoms with Gasteiger partial charge in [-0.3, -0.25) is 4.99 Å².